The van der Waals surface area contributed by atoms with Crippen molar-refractivity contribution in [3.05, 3.63) is 71.4 Å². The van der Waals surface area contributed by atoms with Gasteiger partial charge in [0.05, 0.1) is 6.04 Å². The van der Waals surface area contributed by atoms with Crippen molar-refractivity contribution in [1.29, 1.82) is 0 Å². The second kappa shape index (κ2) is 7.57. The highest BCUT2D eigenvalue weighted by Gasteiger charge is 2.19. The van der Waals surface area contributed by atoms with Gasteiger partial charge in [-0.05, 0) is 55.8 Å². The van der Waals surface area contributed by atoms with Crippen LogP contribution in [0.15, 0.2) is 52.9 Å². The molecular weight excluding hydrogens is 317 g/mol. The van der Waals surface area contributed by atoms with Gasteiger partial charge in [-0.2, -0.15) is 0 Å². The Hall–Kier alpha value is -2.53. The minimum absolute atomic E-state index is 0.0208. The molecule has 4 nitrogen and oxygen atoms in total. The van der Waals surface area contributed by atoms with Crippen LogP contribution in [0.25, 0.3) is 11.5 Å². The van der Waals surface area contributed by atoms with Gasteiger partial charge in [-0.3, -0.25) is 4.90 Å². The first-order valence-electron chi connectivity index (χ1n) is 8.44. The van der Waals surface area contributed by atoms with Crippen molar-refractivity contribution >= 4 is 0 Å². The van der Waals surface area contributed by atoms with E-state index >= 15 is 0 Å². The molecule has 0 aliphatic carbocycles. The Kier molecular flexibility index (Phi) is 5.24. The lowest BCUT2D eigenvalue weighted by Gasteiger charge is -2.21. The third-order valence-corrected chi connectivity index (χ3v) is 4.41. The van der Waals surface area contributed by atoms with Gasteiger partial charge < -0.3 is 4.42 Å². The zero-order chi connectivity index (χ0) is 17.8. The molecule has 1 atom stereocenters. The lowest BCUT2D eigenvalue weighted by molar-refractivity contribution is 0.218. The van der Waals surface area contributed by atoms with Crippen LogP contribution in [-0.2, 0) is 13.0 Å². The number of hydrogen-bond donors (Lipinski definition) is 0. The molecule has 0 N–H and O–H groups in total. The predicted molar refractivity (Wildman–Crippen MR) is 95.4 cm³/mol. The Morgan fingerprint density at radius 3 is 2.28 bits per heavy atom. The summed E-state index contributed by atoms with van der Waals surface area (Å²) in [4.78, 5) is 2.16. The van der Waals surface area contributed by atoms with E-state index in [1.807, 2.05) is 14.0 Å². The van der Waals surface area contributed by atoms with Crippen LogP contribution in [0, 0.1) is 5.82 Å². The highest BCUT2D eigenvalue weighted by Crippen LogP contribution is 2.24. The zero-order valence-electron chi connectivity index (χ0n) is 14.7. The van der Waals surface area contributed by atoms with Gasteiger partial charge in [0.25, 0.3) is 0 Å². The van der Waals surface area contributed by atoms with Crippen LogP contribution in [0.4, 0.5) is 4.39 Å². The molecule has 1 unspecified atom stereocenters. The molecule has 3 aromatic rings. The molecule has 0 fully saturated rings. The molecule has 1 aromatic heterocycles. The van der Waals surface area contributed by atoms with Crippen molar-refractivity contribution in [3.63, 3.8) is 0 Å². The van der Waals surface area contributed by atoms with E-state index in [0.29, 0.717) is 17.3 Å². The van der Waals surface area contributed by atoms with E-state index in [-0.39, 0.29) is 11.9 Å². The maximum atomic E-state index is 13.0. The molecule has 0 saturated heterocycles. The third-order valence-electron chi connectivity index (χ3n) is 4.41. The summed E-state index contributed by atoms with van der Waals surface area (Å²) in [5.41, 5.74) is 3.29. The molecule has 1 heterocycles. The minimum Gasteiger partial charge on any atom is -0.419 e. The van der Waals surface area contributed by atoms with E-state index in [1.54, 1.807) is 12.1 Å². The van der Waals surface area contributed by atoms with Gasteiger partial charge in [0.1, 0.15) is 5.82 Å². The largest absolute Gasteiger partial charge is 0.419 e. The molecule has 0 aliphatic rings. The summed E-state index contributed by atoms with van der Waals surface area (Å²) in [6.07, 6.45) is 1.04. The Morgan fingerprint density at radius 2 is 1.64 bits per heavy atom. The normalized spacial score (nSPS) is 12.5. The molecule has 3 rings (SSSR count). The summed E-state index contributed by atoms with van der Waals surface area (Å²) in [5.74, 6) is 0.667. The number of rotatable bonds is 6. The molecule has 0 bridgehead atoms. The highest BCUT2D eigenvalue weighted by atomic mass is 19.1. The van der Waals surface area contributed by atoms with Crippen molar-refractivity contribution in [3.8, 4) is 11.5 Å². The first-order chi connectivity index (χ1) is 12.1. The Morgan fingerprint density at radius 1 is 1.00 bits per heavy atom. The molecular formula is C20H22FN3O. The Labute approximate surface area is 147 Å². The topological polar surface area (TPSA) is 42.2 Å². The molecule has 0 amide bonds. The fourth-order valence-electron chi connectivity index (χ4n) is 2.61. The molecule has 0 saturated carbocycles. The molecule has 25 heavy (non-hydrogen) atoms. The van der Waals surface area contributed by atoms with Crippen LogP contribution in [-0.4, -0.2) is 22.1 Å². The van der Waals surface area contributed by atoms with Gasteiger partial charge in [-0.1, -0.05) is 31.2 Å². The SMILES string of the molecule is CCc1ccc(CN(C)C(C)c2nnc(-c3ccc(F)cc3)o2)cc1. The molecule has 0 spiro atoms. The quantitative estimate of drug-likeness (QED) is 0.656. The fourth-order valence-corrected chi connectivity index (χ4v) is 2.61. The summed E-state index contributed by atoms with van der Waals surface area (Å²) in [5, 5.41) is 8.24. The van der Waals surface area contributed by atoms with Crippen molar-refractivity contribution in [1.82, 2.24) is 15.1 Å². The highest BCUT2D eigenvalue weighted by molar-refractivity contribution is 5.51. The maximum absolute atomic E-state index is 13.0. The Bertz CT molecular complexity index is 812. The second-order valence-electron chi connectivity index (χ2n) is 6.21. The lowest BCUT2D eigenvalue weighted by Crippen LogP contribution is -2.22. The average Bonchev–Trinajstić information content (AvgIpc) is 3.12. The van der Waals surface area contributed by atoms with E-state index in [1.165, 1.54) is 23.3 Å². The van der Waals surface area contributed by atoms with Crippen LogP contribution in [0.5, 0.6) is 0 Å². The third kappa shape index (κ3) is 4.12. The Balaban J connectivity index is 1.69. The monoisotopic (exact) mass is 339 g/mol. The van der Waals surface area contributed by atoms with Crippen molar-refractivity contribution in [2.75, 3.05) is 7.05 Å². The first-order valence-corrected chi connectivity index (χ1v) is 8.44. The number of benzene rings is 2. The van der Waals surface area contributed by atoms with Gasteiger partial charge in [0.2, 0.25) is 11.8 Å². The molecule has 0 aliphatic heterocycles. The van der Waals surface area contributed by atoms with E-state index < -0.39 is 0 Å². The van der Waals surface area contributed by atoms with Crippen molar-refractivity contribution in [2.24, 2.45) is 0 Å². The summed E-state index contributed by atoms with van der Waals surface area (Å²) in [7, 11) is 2.03. The maximum Gasteiger partial charge on any atom is 0.247 e. The van der Waals surface area contributed by atoms with E-state index in [0.717, 1.165) is 13.0 Å². The van der Waals surface area contributed by atoms with E-state index in [4.69, 9.17) is 4.42 Å². The lowest BCUT2D eigenvalue weighted by atomic mass is 10.1. The molecule has 130 valence electrons. The zero-order valence-corrected chi connectivity index (χ0v) is 14.7. The summed E-state index contributed by atoms with van der Waals surface area (Å²) < 4.78 is 18.8. The first kappa shape index (κ1) is 17.3. The number of aromatic nitrogens is 2. The van der Waals surface area contributed by atoms with Crippen LogP contribution in [0.1, 0.15) is 36.9 Å². The van der Waals surface area contributed by atoms with Crippen LogP contribution >= 0.6 is 0 Å². The molecule has 0 radical (unpaired) electrons. The average molecular weight is 339 g/mol. The fraction of sp³-hybridized carbons (Fsp3) is 0.300. The standard InChI is InChI=1S/C20H22FN3O/c1-4-15-5-7-16(8-6-15)13-24(3)14(2)19-22-23-20(25-19)17-9-11-18(21)12-10-17/h5-12,14H,4,13H2,1-3H3. The van der Waals surface area contributed by atoms with Gasteiger partial charge in [0.15, 0.2) is 0 Å². The van der Waals surface area contributed by atoms with E-state index in [2.05, 4.69) is 46.3 Å². The summed E-state index contributed by atoms with van der Waals surface area (Å²) in [6.45, 7) is 4.97. The number of nitrogens with zero attached hydrogens (tertiary/aromatic N) is 3. The van der Waals surface area contributed by atoms with Crippen LogP contribution < -0.4 is 0 Å². The van der Waals surface area contributed by atoms with Gasteiger partial charge in [-0.25, -0.2) is 4.39 Å². The van der Waals surface area contributed by atoms with Crippen LogP contribution in [0.2, 0.25) is 0 Å². The molecule has 5 heteroatoms. The number of hydrogen-bond acceptors (Lipinski definition) is 4. The van der Waals surface area contributed by atoms with E-state index in [9.17, 15) is 4.39 Å². The van der Waals surface area contributed by atoms with Gasteiger partial charge in [-0.15, -0.1) is 10.2 Å². The number of halogens is 1. The van der Waals surface area contributed by atoms with Gasteiger partial charge >= 0.3 is 0 Å². The summed E-state index contributed by atoms with van der Waals surface area (Å²) in [6, 6.07) is 14.6. The number of aryl methyl sites for hydroxylation is 1. The van der Waals surface area contributed by atoms with Crippen molar-refractivity contribution in [2.45, 2.75) is 32.9 Å². The van der Waals surface area contributed by atoms with Crippen molar-refractivity contribution < 1.29 is 8.81 Å². The smallest absolute Gasteiger partial charge is 0.247 e. The van der Waals surface area contributed by atoms with Crippen LogP contribution in [0.3, 0.4) is 0 Å². The predicted octanol–water partition coefficient (Wildman–Crippen LogP) is 4.63. The molecule has 2 aromatic carbocycles. The summed E-state index contributed by atoms with van der Waals surface area (Å²) >= 11 is 0. The van der Waals surface area contributed by atoms with Gasteiger partial charge in [0, 0.05) is 12.1 Å². The second-order valence-corrected chi connectivity index (χ2v) is 6.21. The minimum atomic E-state index is -0.286.